The molecule has 3 rings (SSSR count). The van der Waals surface area contributed by atoms with Crippen molar-refractivity contribution in [2.45, 2.75) is 19.4 Å². The summed E-state index contributed by atoms with van der Waals surface area (Å²) in [5, 5.41) is 5.18. The van der Waals surface area contributed by atoms with Crippen molar-refractivity contribution in [3.8, 4) is 5.75 Å². The van der Waals surface area contributed by atoms with Gasteiger partial charge in [0.05, 0.1) is 13.0 Å². The number of nitrogens with one attached hydrogen (secondary N) is 1. The summed E-state index contributed by atoms with van der Waals surface area (Å²) in [6, 6.07) is 15.8. The minimum atomic E-state index is -0.210. The van der Waals surface area contributed by atoms with Gasteiger partial charge in [-0.2, -0.15) is 0 Å². The lowest BCUT2D eigenvalue weighted by Crippen LogP contribution is -2.27. The molecule has 1 amide bonds. The van der Waals surface area contributed by atoms with Gasteiger partial charge in [-0.3, -0.25) is 9.78 Å². The van der Waals surface area contributed by atoms with E-state index < -0.39 is 0 Å². The van der Waals surface area contributed by atoms with Crippen LogP contribution >= 0.6 is 0 Å². The fourth-order valence-electron chi connectivity index (χ4n) is 2.63. The van der Waals surface area contributed by atoms with Gasteiger partial charge in [0.25, 0.3) is 0 Å². The van der Waals surface area contributed by atoms with Gasteiger partial charge in [-0.05, 0) is 53.1 Å². The van der Waals surface area contributed by atoms with E-state index >= 15 is 0 Å². The van der Waals surface area contributed by atoms with Gasteiger partial charge in [-0.15, -0.1) is 0 Å². The molecule has 0 spiro atoms. The Morgan fingerprint density at radius 2 is 1.79 bits per heavy atom. The number of pyridine rings is 1. The van der Waals surface area contributed by atoms with Crippen LogP contribution in [0.3, 0.4) is 0 Å². The molecule has 0 aliphatic rings. The van der Waals surface area contributed by atoms with Gasteiger partial charge in [-0.25, -0.2) is 0 Å². The van der Waals surface area contributed by atoms with Gasteiger partial charge in [0.1, 0.15) is 5.75 Å². The van der Waals surface area contributed by atoms with E-state index in [1.54, 1.807) is 19.5 Å². The molecule has 0 radical (unpaired) electrons. The zero-order valence-corrected chi connectivity index (χ0v) is 13.8. The van der Waals surface area contributed by atoms with Crippen molar-refractivity contribution in [2.75, 3.05) is 7.11 Å². The van der Waals surface area contributed by atoms with Crippen LogP contribution in [0.25, 0.3) is 10.8 Å². The average molecular weight is 320 g/mol. The van der Waals surface area contributed by atoms with Crippen LogP contribution in [0, 0.1) is 0 Å². The number of ether oxygens (including phenoxy) is 1. The minimum Gasteiger partial charge on any atom is -0.497 e. The Morgan fingerprint density at radius 3 is 2.54 bits per heavy atom. The van der Waals surface area contributed by atoms with Gasteiger partial charge in [0, 0.05) is 18.9 Å². The third-order valence-corrected chi connectivity index (χ3v) is 4.18. The second-order valence-electron chi connectivity index (χ2n) is 5.77. The van der Waals surface area contributed by atoms with Crippen LogP contribution in [0.15, 0.2) is 60.9 Å². The van der Waals surface area contributed by atoms with Gasteiger partial charge in [0.2, 0.25) is 5.91 Å². The number of hydrogen-bond donors (Lipinski definition) is 1. The number of amides is 1. The maximum absolute atomic E-state index is 12.4. The number of benzene rings is 2. The van der Waals surface area contributed by atoms with Crippen molar-refractivity contribution in [2.24, 2.45) is 0 Å². The summed E-state index contributed by atoms with van der Waals surface area (Å²) in [6.07, 6.45) is 3.45. The first kappa shape index (κ1) is 16.0. The van der Waals surface area contributed by atoms with Crippen molar-refractivity contribution < 1.29 is 9.53 Å². The zero-order valence-electron chi connectivity index (χ0n) is 13.8. The summed E-state index contributed by atoms with van der Waals surface area (Å²) in [5.41, 5.74) is 2.04. The van der Waals surface area contributed by atoms with Crippen LogP contribution in [0.1, 0.15) is 24.0 Å². The summed E-state index contributed by atoms with van der Waals surface area (Å²) in [5.74, 6) is 0.636. The molecular weight excluding hydrogens is 300 g/mol. The predicted molar refractivity (Wildman–Crippen MR) is 95.0 cm³/mol. The van der Waals surface area contributed by atoms with Crippen molar-refractivity contribution in [1.82, 2.24) is 10.3 Å². The molecule has 1 atom stereocenters. The van der Waals surface area contributed by atoms with E-state index in [0.29, 0.717) is 6.54 Å². The summed E-state index contributed by atoms with van der Waals surface area (Å²) < 4.78 is 5.24. The summed E-state index contributed by atoms with van der Waals surface area (Å²) in [4.78, 5) is 16.4. The lowest BCUT2D eigenvalue weighted by atomic mass is 9.97. The van der Waals surface area contributed by atoms with Gasteiger partial charge in [0.15, 0.2) is 0 Å². The number of nitrogens with zero attached hydrogens (tertiary/aromatic N) is 1. The number of fused-ring (bicyclic) bond motifs is 1. The quantitative estimate of drug-likeness (QED) is 0.780. The smallest absolute Gasteiger partial charge is 0.227 e. The Kier molecular flexibility index (Phi) is 4.75. The number of carbonyl (C=O) groups is 1. The standard InChI is InChI=1S/C20H20N2O2/c1-14(20(23)22-13-15-7-9-21-10-8-15)16-3-4-18-12-19(24-2)6-5-17(18)11-16/h3-12,14H,13H2,1-2H3,(H,22,23)/t14-/m1/s1. The third-order valence-electron chi connectivity index (χ3n) is 4.18. The van der Waals surface area contributed by atoms with Crippen LogP contribution < -0.4 is 10.1 Å². The molecular formula is C20H20N2O2. The maximum atomic E-state index is 12.4. The molecule has 0 bridgehead atoms. The Hall–Kier alpha value is -2.88. The number of aromatic nitrogens is 1. The maximum Gasteiger partial charge on any atom is 0.227 e. The molecule has 0 fully saturated rings. The number of rotatable bonds is 5. The molecule has 4 nitrogen and oxygen atoms in total. The normalized spacial score (nSPS) is 11.9. The Balaban J connectivity index is 1.72. The fourth-order valence-corrected chi connectivity index (χ4v) is 2.63. The van der Waals surface area contributed by atoms with E-state index in [9.17, 15) is 4.79 Å². The van der Waals surface area contributed by atoms with E-state index in [1.165, 1.54) is 0 Å². The number of hydrogen-bond acceptors (Lipinski definition) is 3. The van der Waals surface area contributed by atoms with E-state index in [2.05, 4.69) is 16.4 Å². The Labute approximate surface area is 141 Å². The highest BCUT2D eigenvalue weighted by Gasteiger charge is 2.15. The van der Waals surface area contributed by atoms with Crippen LogP contribution in [0.4, 0.5) is 0 Å². The molecule has 0 saturated heterocycles. The second kappa shape index (κ2) is 7.13. The van der Waals surface area contributed by atoms with Crippen LogP contribution in [-0.2, 0) is 11.3 Å². The molecule has 0 unspecified atom stereocenters. The first-order valence-corrected chi connectivity index (χ1v) is 7.91. The van der Waals surface area contributed by atoms with Gasteiger partial charge < -0.3 is 10.1 Å². The molecule has 0 saturated carbocycles. The predicted octanol–water partition coefficient (Wildman–Crippen LogP) is 3.66. The Bertz CT molecular complexity index is 847. The average Bonchev–Trinajstić information content (AvgIpc) is 2.65. The molecule has 3 aromatic rings. The van der Waals surface area contributed by atoms with Gasteiger partial charge >= 0.3 is 0 Å². The Morgan fingerprint density at radius 1 is 1.08 bits per heavy atom. The van der Waals surface area contributed by atoms with E-state index in [4.69, 9.17) is 4.74 Å². The summed E-state index contributed by atoms with van der Waals surface area (Å²) >= 11 is 0. The van der Waals surface area contributed by atoms with E-state index in [1.807, 2.05) is 49.4 Å². The second-order valence-corrected chi connectivity index (χ2v) is 5.77. The van der Waals surface area contributed by atoms with E-state index in [0.717, 1.165) is 27.6 Å². The van der Waals surface area contributed by atoms with Crippen LogP contribution in [0.2, 0.25) is 0 Å². The van der Waals surface area contributed by atoms with Crippen molar-refractivity contribution in [3.05, 3.63) is 72.1 Å². The third kappa shape index (κ3) is 3.54. The molecule has 122 valence electrons. The molecule has 24 heavy (non-hydrogen) atoms. The van der Waals surface area contributed by atoms with Crippen LogP contribution in [0.5, 0.6) is 5.75 Å². The molecule has 1 aromatic heterocycles. The topological polar surface area (TPSA) is 51.2 Å². The lowest BCUT2D eigenvalue weighted by Gasteiger charge is -2.14. The van der Waals surface area contributed by atoms with Crippen molar-refractivity contribution >= 4 is 16.7 Å². The highest BCUT2D eigenvalue weighted by atomic mass is 16.5. The molecule has 1 heterocycles. The highest BCUT2D eigenvalue weighted by Crippen LogP contribution is 2.25. The fraction of sp³-hybridized carbons (Fsp3) is 0.200. The molecule has 1 N–H and O–H groups in total. The molecule has 0 aliphatic heterocycles. The van der Waals surface area contributed by atoms with E-state index in [-0.39, 0.29) is 11.8 Å². The molecule has 2 aromatic carbocycles. The molecule has 0 aliphatic carbocycles. The molecule has 4 heteroatoms. The monoisotopic (exact) mass is 320 g/mol. The minimum absolute atomic E-state index is 0.0136. The first-order valence-electron chi connectivity index (χ1n) is 7.91. The zero-order chi connectivity index (χ0) is 16.9. The van der Waals surface area contributed by atoms with Crippen LogP contribution in [-0.4, -0.2) is 18.0 Å². The number of methoxy groups -OCH3 is 1. The summed E-state index contributed by atoms with van der Waals surface area (Å²) in [7, 11) is 1.66. The number of carbonyl (C=O) groups excluding carboxylic acids is 1. The lowest BCUT2D eigenvalue weighted by molar-refractivity contribution is -0.122. The largest absolute Gasteiger partial charge is 0.497 e. The SMILES string of the molecule is COc1ccc2cc([C@@H](C)C(=O)NCc3ccncc3)ccc2c1. The van der Waals surface area contributed by atoms with Crippen molar-refractivity contribution in [1.29, 1.82) is 0 Å². The summed E-state index contributed by atoms with van der Waals surface area (Å²) in [6.45, 7) is 2.43. The highest BCUT2D eigenvalue weighted by molar-refractivity contribution is 5.88. The van der Waals surface area contributed by atoms with Gasteiger partial charge in [-0.1, -0.05) is 24.3 Å². The first-order chi connectivity index (χ1) is 11.7. The van der Waals surface area contributed by atoms with Crippen molar-refractivity contribution in [3.63, 3.8) is 0 Å².